The number of methoxy groups -OCH3 is 2. The lowest BCUT2D eigenvalue weighted by molar-refractivity contribution is -0.125. The highest BCUT2D eigenvalue weighted by atomic mass is 16.5. The van der Waals surface area contributed by atoms with Gasteiger partial charge in [-0.25, -0.2) is 0 Å². The van der Waals surface area contributed by atoms with E-state index in [-0.39, 0.29) is 5.41 Å². The third kappa shape index (κ3) is 1.97. The maximum Gasteiger partial charge on any atom is 0.164 e. The highest BCUT2D eigenvalue weighted by Gasteiger charge is 2.55. The number of carbonyl (C=O) groups is 2. The normalized spacial score (nSPS) is 31.0. The average molecular weight is 329 g/mol. The number of hydrogen-bond acceptors (Lipinski definition) is 5. The van der Waals surface area contributed by atoms with Gasteiger partial charge in [0.1, 0.15) is 12.1 Å². The summed E-state index contributed by atoms with van der Waals surface area (Å²) < 4.78 is 11.2. The molecule has 0 amide bonds. The molecule has 0 spiro atoms. The summed E-state index contributed by atoms with van der Waals surface area (Å²) in [6.45, 7) is 0.894. The molecule has 2 bridgehead atoms. The fourth-order valence-corrected chi connectivity index (χ4v) is 5.38. The van der Waals surface area contributed by atoms with E-state index in [1.807, 2.05) is 0 Å². The number of piperidine rings is 1. The van der Waals surface area contributed by atoms with Crippen LogP contribution in [0.15, 0.2) is 6.07 Å². The lowest BCUT2D eigenvalue weighted by Gasteiger charge is -2.55. The Morgan fingerprint density at radius 3 is 2.88 bits per heavy atom. The second-order valence-corrected chi connectivity index (χ2v) is 7.20. The molecule has 1 aliphatic heterocycles. The van der Waals surface area contributed by atoms with Crippen molar-refractivity contribution in [2.24, 2.45) is 5.92 Å². The van der Waals surface area contributed by atoms with E-state index >= 15 is 0 Å². The Labute approximate surface area is 141 Å². The molecule has 5 nitrogen and oxygen atoms in total. The summed E-state index contributed by atoms with van der Waals surface area (Å²) in [6.07, 6.45) is 4.72. The Kier molecular flexibility index (Phi) is 3.64. The molecule has 24 heavy (non-hydrogen) atoms. The Balaban J connectivity index is 2.03. The van der Waals surface area contributed by atoms with Crippen molar-refractivity contribution in [3.05, 3.63) is 22.8 Å². The largest absolute Gasteiger partial charge is 0.493 e. The molecule has 3 atom stereocenters. The summed E-state index contributed by atoms with van der Waals surface area (Å²) >= 11 is 0. The third-order valence-electron chi connectivity index (χ3n) is 6.28. The number of hydrogen-bond donors (Lipinski definition) is 1. The van der Waals surface area contributed by atoms with Crippen molar-refractivity contribution >= 4 is 12.1 Å². The van der Waals surface area contributed by atoms with Crippen LogP contribution in [-0.2, 0) is 16.6 Å². The van der Waals surface area contributed by atoms with Gasteiger partial charge in [-0.15, -0.1) is 0 Å². The van der Waals surface area contributed by atoms with Crippen LogP contribution in [0.25, 0.3) is 0 Å². The maximum atomic E-state index is 12.4. The van der Waals surface area contributed by atoms with Gasteiger partial charge in [0.15, 0.2) is 11.5 Å². The van der Waals surface area contributed by atoms with Crippen molar-refractivity contribution < 1.29 is 19.1 Å². The van der Waals surface area contributed by atoms with Gasteiger partial charge in [-0.1, -0.05) is 0 Å². The Morgan fingerprint density at radius 2 is 2.17 bits per heavy atom. The van der Waals surface area contributed by atoms with Crippen LogP contribution in [0, 0.1) is 5.92 Å². The van der Waals surface area contributed by atoms with Crippen molar-refractivity contribution in [2.75, 3.05) is 20.8 Å². The Hall–Kier alpha value is -1.88. The van der Waals surface area contributed by atoms with E-state index in [4.69, 9.17) is 9.47 Å². The van der Waals surface area contributed by atoms with Gasteiger partial charge >= 0.3 is 0 Å². The Morgan fingerprint density at radius 1 is 1.33 bits per heavy atom. The monoisotopic (exact) mass is 329 g/mol. The van der Waals surface area contributed by atoms with Crippen molar-refractivity contribution in [1.82, 2.24) is 5.32 Å². The van der Waals surface area contributed by atoms with Crippen LogP contribution in [0.3, 0.4) is 0 Å². The van der Waals surface area contributed by atoms with Crippen molar-refractivity contribution in [3.8, 4) is 11.5 Å². The van der Waals surface area contributed by atoms with Crippen LogP contribution >= 0.6 is 0 Å². The molecule has 1 heterocycles. The zero-order valence-electron chi connectivity index (χ0n) is 14.2. The second-order valence-electron chi connectivity index (χ2n) is 7.20. The molecule has 5 heteroatoms. The van der Waals surface area contributed by atoms with E-state index in [1.54, 1.807) is 20.3 Å². The summed E-state index contributed by atoms with van der Waals surface area (Å²) in [4.78, 5) is 24.1. The van der Waals surface area contributed by atoms with Crippen LogP contribution in [0.1, 0.15) is 47.2 Å². The summed E-state index contributed by atoms with van der Waals surface area (Å²) in [6, 6.07) is 2.10. The number of ketones is 1. The van der Waals surface area contributed by atoms with Crippen LogP contribution in [0.5, 0.6) is 11.5 Å². The molecule has 3 aliphatic rings. The molecule has 2 fully saturated rings. The van der Waals surface area contributed by atoms with Crippen LogP contribution in [0.2, 0.25) is 0 Å². The number of aldehydes is 1. The number of nitrogens with one attached hydrogen (secondary N) is 1. The van der Waals surface area contributed by atoms with Crippen LogP contribution < -0.4 is 14.8 Å². The number of benzene rings is 1. The molecule has 1 saturated heterocycles. The lowest BCUT2D eigenvalue weighted by Crippen LogP contribution is -2.60. The summed E-state index contributed by atoms with van der Waals surface area (Å²) in [5, 5.41) is 3.62. The Bertz CT molecular complexity index is 714. The molecular weight excluding hydrogens is 306 g/mol. The molecule has 0 aromatic heterocycles. The van der Waals surface area contributed by atoms with Gasteiger partial charge in [0.25, 0.3) is 0 Å². The quantitative estimate of drug-likeness (QED) is 0.860. The first-order valence-corrected chi connectivity index (χ1v) is 8.63. The highest BCUT2D eigenvalue weighted by Crippen LogP contribution is 2.57. The molecule has 4 rings (SSSR count). The van der Waals surface area contributed by atoms with Gasteiger partial charge in [-0.05, 0) is 43.4 Å². The smallest absolute Gasteiger partial charge is 0.164 e. The number of fused-ring (bicyclic) bond motifs is 1. The average Bonchev–Trinajstić information content (AvgIpc) is 2.59. The van der Waals surface area contributed by atoms with E-state index in [0.29, 0.717) is 47.6 Å². The molecule has 1 saturated carbocycles. The van der Waals surface area contributed by atoms with Crippen LogP contribution in [0.4, 0.5) is 0 Å². The zero-order valence-corrected chi connectivity index (χ0v) is 14.2. The minimum atomic E-state index is -0.226. The fourth-order valence-electron chi connectivity index (χ4n) is 5.38. The number of ether oxygens (including phenoxy) is 2. The van der Waals surface area contributed by atoms with E-state index in [2.05, 4.69) is 5.32 Å². The molecule has 128 valence electrons. The van der Waals surface area contributed by atoms with Gasteiger partial charge < -0.3 is 14.8 Å². The molecule has 2 aliphatic carbocycles. The van der Waals surface area contributed by atoms with Gasteiger partial charge in [0, 0.05) is 35.4 Å². The predicted molar refractivity (Wildman–Crippen MR) is 89.1 cm³/mol. The topological polar surface area (TPSA) is 64.6 Å². The molecule has 0 unspecified atom stereocenters. The van der Waals surface area contributed by atoms with Crippen molar-refractivity contribution in [2.45, 2.75) is 43.6 Å². The first-order valence-electron chi connectivity index (χ1n) is 8.63. The molecule has 0 radical (unpaired) electrons. The number of Topliss-reactive ketones (excluding diaryl/α,β-unsaturated/α-hetero) is 1. The summed E-state index contributed by atoms with van der Waals surface area (Å²) in [5.74, 6) is 2.02. The van der Waals surface area contributed by atoms with Crippen molar-refractivity contribution in [1.29, 1.82) is 0 Å². The van der Waals surface area contributed by atoms with Crippen molar-refractivity contribution in [3.63, 3.8) is 0 Å². The van der Waals surface area contributed by atoms with Crippen LogP contribution in [-0.4, -0.2) is 38.9 Å². The minimum absolute atomic E-state index is 0.226. The van der Waals surface area contributed by atoms with Gasteiger partial charge in [0.05, 0.1) is 14.2 Å². The summed E-state index contributed by atoms with van der Waals surface area (Å²) in [5.41, 5.74) is 2.52. The maximum absolute atomic E-state index is 12.4. The zero-order chi connectivity index (χ0) is 16.9. The minimum Gasteiger partial charge on any atom is -0.493 e. The first kappa shape index (κ1) is 15.6. The molecular formula is C19H23NO4. The second kappa shape index (κ2) is 5.59. The molecule has 1 aromatic rings. The van der Waals surface area contributed by atoms with E-state index in [0.717, 1.165) is 43.2 Å². The highest BCUT2D eigenvalue weighted by molar-refractivity contribution is 5.85. The molecule has 1 N–H and O–H groups in total. The van der Waals surface area contributed by atoms with Gasteiger partial charge in [0.2, 0.25) is 0 Å². The SMILES string of the molecule is COc1cc(C=O)c2c(c1OC)[C@]13CCN[C@H](C2)[C@@H]1CCC(=O)C3. The third-order valence-corrected chi connectivity index (χ3v) is 6.28. The number of rotatable bonds is 3. The standard InChI is InChI=1S/C19H23NO4/c1-23-16-7-11(10-21)13-8-15-14-4-3-12(22)9-19(14,5-6-20-15)17(13)18(16)24-2/h7,10,14-15,20H,3-6,8-9H2,1-2H3/t14-,15+,19-/m0/s1. The lowest BCUT2D eigenvalue weighted by atomic mass is 9.52. The van der Waals surface area contributed by atoms with E-state index < -0.39 is 0 Å². The predicted octanol–water partition coefficient (Wildman–Crippen LogP) is 2.04. The van der Waals surface area contributed by atoms with Gasteiger partial charge in [-0.2, -0.15) is 0 Å². The number of carbonyl (C=O) groups excluding carboxylic acids is 2. The first-order chi connectivity index (χ1) is 11.6. The van der Waals surface area contributed by atoms with E-state index in [1.165, 1.54) is 0 Å². The van der Waals surface area contributed by atoms with Gasteiger partial charge in [-0.3, -0.25) is 9.59 Å². The van der Waals surface area contributed by atoms with E-state index in [9.17, 15) is 9.59 Å². The molecule has 1 aromatic carbocycles. The summed E-state index contributed by atoms with van der Waals surface area (Å²) in [7, 11) is 3.23. The fraction of sp³-hybridized carbons (Fsp3) is 0.579.